The van der Waals surface area contributed by atoms with Crippen molar-refractivity contribution in [1.29, 1.82) is 0 Å². The topological polar surface area (TPSA) is 84.8 Å². The van der Waals surface area contributed by atoms with Gasteiger partial charge in [0.2, 0.25) is 0 Å². The molecule has 0 rings (SSSR count). The van der Waals surface area contributed by atoms with Gasteiger partial charge in [0, 0.05) is 6.61 Å². The molecule has 0 saturated heterocycles. The van der Waals surface area contributed by atoms with Crippen LogP contribution in [0.4, 0.5) is 52.7 Å². The predicted octanol–water partition coefficient (Wildman–Crippen LogP) is 6.70. The van der Waals surface area contributed by atoms with Gasteiger partial charge in [0.05, 0.1) is 39.6 Å². The molecule has 0 spiro atoms. The Hall–Kier alpha value is -0.810. The van der Waals surface area contributed by atoms with Crippen LogP contribution in [0.1, 0.15) is 51.4 Å². The van der Waals surface area contributed by atoms with E-state index in [1.165, 1.54) is 0 Å². The van der Waals surface area contributed by atoms with Crippen LogP contribution < -0.4 is 0 Å². The molecule has 0 atom stereocenters. The van der Waals surface area contributed by atoms with E-state index in [9.17, 15) is 52.7 Å². The van der Waals surface area contributed by atoms with Crippen molar-refractivity contribution in [2.45, 2.75) is 88.0 Å². The fraction of sp³-hybridized carbons (Fsp3) is 1.00. The summed E-state index contributed by atoms with van der Waals surface area (Å²) in [6.07, 6.45) is -31.8. The summed E-state index contributed by atoms with van der Waals surface area (Å²) in [6.45, 7) is -6.29. The molecule has 0 heterocycles. The third-order valence-corrected chi connectivity index (χ3v) is 5.52. The van der Waals surface area contributed by atoms with E-state index in [0.717, 1.165) is 37.9 Å². The van der Waals surface area contributed by atoms with Crippen LogP contribution in [0.15, 0.2) is 0 Å². The van der Waals surface area contributed by atoms with E-state index in [0.29, 0.717) is 12.8 Å². The molecule has 0 aliphatic carbocycles. The zero-order chi connectivity index (χ0) is 34.7. The highest BCUT2D eigenvalue weighted by atomic mass is 32.1. The maximum absolute atomic E-state index is 13.7. The molecule has 0 aromatic rings. The standard InChI is InChI=1S/C24H38F12O8S/c25-19(26,17-40-10-7-5-3-1-2-4-6-8-16-45)42-21(29,30)23(33,34)44-24(35,36)22(31,32)43-20(27,28)18-41-15-14-39-13-12-38-11-9-37/h37,45H,1-18H2. The number of aliphatic hydroxyl groups is 1. The average Bonchev–Trinajstić information content (AvgIpc) is 2.88. The summed E-state index contributed by atoms with van der Waals surface area (Å²) in [4.78, 5) is 0. The number of unbranched alkanes of at least 4 members (excludes halogenated alkanes) is 7. The Morgan fingerprint density at radius 1 is 0.400 bits per heavy atom. The highest BCUT2D eigenvalue weighted by molar-refractivity contribution is 7.80. The lowest BCUT2D eigenvalue weighted by atomic mass is 10.1. The summed E-state index contributed by atoms with van der Waals surface area (Å²) in [5, 5.41) is 8.47. The van der Waals surface area contributed by atoms with Crippen molar-refractivity contribution in [2.75, 3.05) is 65.2 Å². The third-order valence-electron chi connectivity index (χ3n) is 5.21. The van der Waals surface area contributed by atoms with Gasteiger partial charge in [-0.15, -0.1) is 0 Å². The zero-order valence-electron chi connectivity index (χ0n) is 24.0. The third kappa shape index (κ3) is 19.6. The normalized spacial score (nSPS) is 14.0. The summed E-state index contributed by atoms with van der Waals surface area (Å²) in [5.41, 5.74) is 0. The number of alkyl halides is 12. The second kappa shape index (κ2) is 21.2. The van der Waals surface area contributed by atoms with Crippen LogP contribution in [-0.4, -0.2) is 107 Å². The molecule has 0 fully saturated rings. The molecule has 0 aromatic carbocycles. The highest BCUT2D eigenvalue weighted by Crippen LogP contribution is 2.48. The maximum Gasteiger partial charge on any atom is 0.453 e. The zero-order valence-corrected chi connectivity index (χ0v) is 24.9. The van der Waals surface area contributed by atoms with Gasteiger partial charge in [-0.25, -0.2) is 14.2 Å². The molecule has 45 heavy (non-hydrogen) atoms. The summed E-state index contributed by atoms with van der Waals surface area (Å²) < 4.78 is 189. The number of aliphatic hydroxyl groups excluding tert-OH is 1. The molecule has 0 aliphatic rings. The second-order valence-corrected chi connectivity index (χ2v) is 9.70. The summed E-state index contributed by atoms with van der Waals surface area (Å²) in [7, 11) is 0. The Labute approximate surface area is 257 Å². The number of ether oxygens (including phenoxy) is 7. The van der Waals surface area contributed by atoms with Gasteiger partial charge in [0.1, 0.15) is 13.2 Å². The van der Waals surface area contributed by atoms with Crippen molar-refractivity contribution in [3.63, 3.8) is 0 Å². The number of hydrogen-bond donors (Lipinski definition) is 2. The van der Waals surface area contributed by atoms with E-state index in [4.69, 9.17) is 14.6 Å². The molecular formula is C24H38F12O8S. The van der Waals surface area contributed by atoms with Gasteiger partial charge in [0.15, 0.2) is 0 Å². The highest BCUT2D eigenvalue weighted by Gasteiger charge is 2.74. The monoisotopic (exact) mass is 714 g/mol. The lowest BCUT2D eigenvalue weighted by molar-refractivity contribution is -0.558. The fourth-order valence-corrected chi connectivity index (χ4v) is 3.32. The summed E-state index contributed by atoms with van der Waals surface area (Å²) >= 11 is 4.07. The Morgan fingerprint density at radius 2 is 0.733 bits per heavy atom. The van der Waals surface area contributed by atoms with Gasteiger partial charge >= 0.3 is 36.7 Å². The van der Waals surface area contributed by atoms with Crippen molar-refractivity contribution >= 4 is 12.6 Å². The number of thiol groups is 1. The molecule has 272 valence electrons. The molecule has 0 aromatic heterocycles. The molecule has 0 amide bonds. The van der Waals surface area contributed by atoms with Crippen LogP contribution in [0.5, 0.6) is 0 Å². The largest absolute Gasteiger partial charge is 0.453 e. The molecule has 0 saturated carbocycles. The van der Waals surface area contributed by atoms with Gasteiger partial charge in [-0.05, 0) is 18.6 Å². The number of rotatable bonds is 30. The van der Waals surface area contributed by atoms with Crippen LogP contribution >= 0.6 is 12.6 Å². The lowest BCUT2D eigenvalue weighted by Gasteiger charge is -2.34. The Kier molecular flexibility index (Phi) is 20.8. The van der Waals surface area contributed by atoms with E-state index in [-0.39, 0.29) is 32.8 Å². The van der Waals surface area contributed by atoms with E-state index in [2.05, 4.69) is 31.6 Å². The van der Waals surface area contributed by atoms with Gasteiger partial charge in [-0.3, -0.25) is 0 Å². The maximum atomic E-state index is 13.7. The van der Waals surface area contributed by atoms with Crippen molar-refractivity contribution in [1.82, 2.24) is 0 Å². The molecule has 0 radical (unpaired) electrons. The number of hydrogen-bond acceptors (Lipinski definition) is 9. The molecule has 0 aliphatic heterocycles. The van der Waals surface area contributed by atoms with Crippen LogP contribution in [0, 0.1) is 0 Å². The van der Waals surface area contributed by atoms with Crippen LogP contribution in [-0.2, 0) is 33.2 Å². The van der Waals surface area contributed by atoms with Crippen molar-refractivity contribution < 1.29 is 90.9 Å². The average molecular weight is 715 g/mol. The van der Waals surface area contributed by atoms with E-state index in [1.807, 2.05) is 4.74 Å². The van der Waals surface area contributed by atoms with Crippen LogP contribution in [0.25, 0.3) is 0 Å². The van der Waals surface area contributed by atoms with E-state index >= 15 is 0 Å². The summed E-state index contributed by atoms with van der Waals surface area (Å²) in [5.74, 6) is 0.765. The minimum Gasteiger partial charge on any atom is -0.394 e. The first-order valence-corrected chi connectivity index (χ1v) is 14.3. The first-order chi connectivity index (χ1) is 20.7. The van der Waals surface area contributed by atoms with E-state index < -0.39 is 69.7 Å². The molecular weight excluding hydrogens is 676 g/mol. The molecule has 8 nitrogen and oxygen atoms in total. The summed E-state index contributed by atoms with van der Waals surface area (Å²) in [6, 6.07) is 0. The first kappa shape index (κ1) is 44.2. The Bertz CT molecular complexity index is 770. The molecule has 0 bridgehead atoms. The quantitative estimate of drug-likeness (QED) is 0.0484. The van der Waals surface area contributed by atoms with Gasteiger partial charge in [-0.1, -0.05) is 38.5 Å². The lowest BCUT2D eigenvalue weighted by Crippen LogP contribution is -2.58. The minimum atomic E-state index is -6.94. The first-order valence-electron chi connectivity index (χ1n) is 13.6. The fourth-order valence-electron chi connectivity index (χ4n) is 3.10. The van der Waals surface area contributed by atoms with Gasteiger partial charge < -0.3 is 24.1 Å². The van der Waals surface area contributed by atoms with Crippen LogP contribution in [0.3, 0.4) is 0 Å². The van der Waals surface area contributed by atoms with Crippen molar-refractivity contribution in [3.05, 3.63) is 0 Å². The number of halogens is 12. The SMILES string of the molecule is OCCOCCOCCOCC(F)(F)OC(F)(F)C(F)(F)OC(F)(F)C(F)(F)OC(F)(F)COCCCCCCCCCCS. The van der Waals surface area contributed by atoms with E-state index in [1.54, 1.807) is 0 Å². The Balaban J connectivity index is 4.75. The second-order valence-electron chi connectivity index (χ2n) is 9.25. The van der Waals surface area contributed by atoms with Crippen molar-refractivity contribution in [2.24, 2.45) is 0 Å². The molecule has 21 heteroatoms. The van der Waals surface area contributed by atoms with Gasteiger partial charge in [-0.2, -0.15) is 65.3 Å². The Morgan fingerprint density at radius 3 is 1.16 bits per heavy atom. The molecule has 0 unspecified atom stereocenters. The predicted molar refractivity (Wildman–Crippen MR) is 134 cm³/mol. The van der Waals surface area contributed by atoms with Crippen molar-refractivity contribution in [3.8, 4) is 0 Å². The van der Waals surface area contributed by atoms with Gasteiger partial charge in [0.25, 0.3) is 0 Å². The smallest absolute Gasteiger partial charge is 0.394 e. The van der Waals surface area contributed by atoms with Crippen LogP contribution in [0.2, 0.25) is 0 Å². The molecule has 1 N–H and O–H groups in total. The minimum absolute atomic E-state index is 0.0256.